The van der Waals surface area contributed by atoms with Gasteiger partial charge in [0, 0.05) is 6.42 Å². The fraction of sp³-hybridized carbons (Fsp3) is 0.909. The molecule has 4 nitrogen and oxygen atoms in total. The summed E-state index contributed by atoms with van der Waals surface area (Å²) in [5.41, 5.74) is -1.94. The lowest BCUT2D eigenvalue weighted by Gasteiger charge is -2.21. The molecule has 0 bridgehead atoms. The van der Waals surface area contributed by atoms with Gasteiger partial charge in [0.25, 0.3) is 0 Å². The van der Waals surface area contributed by atoms with Gasteiger partial charge < -0.3 is 15.3 Å². The van der Waals surface area contributed by atoms with Crippen LogP contribution in [-0.4, -0.2) is 39.9 Å². The third kappa shape index (κ3) is 5.25. The molecule has 0 spiro atoms. The van der Waals surface area contributed by atoms with Crippen molar-refractivity contribution in [1.29, 1.82) is 0 Å². The molecule has 0 aromatic heterocycles. The molecule has 0 rings (SSSR count). The van der Waals surface area contributed by atoms with Gasteiger partial charge in [-0.2, -0.15) is 0 Å². The molecule has 15 heavy (non-hydrogen) atoms. The molecule has 0 aliphatic heterocycles. The molecule has 0 aromatic carbocycles. The lowest BCUT2D eigenvalue weighted by atomic mass is 9.95. The Morgan fingerprint density at radius 1 is 1.07 bits per heavy atom. The normalized spacial score (nSPS) is 11.7. The largest absolute Gasteiger partial charge is 0.393 e. The number of ketones is 1. The number of unbranched alkanes of at least 4 members (excludes halogenated alkanes) is 4. The van der Waals surface area contributed by atoms with E-state index in [1.165, 1.54) is 0 Å². The lowest BCUT2D eigenvalue weighted by molar-refractivity contribution is -0.146. The Morgan fingerprint density at radius 3 is 2.07 bits per heavy atom. The number of hydrogen-bond donors (Lipinski definition) is 3. The fourth-order valence-electron chi connectivity index (χ4n) is 1.35. The van der Waals surface area contributed by atoms with Crippen molar-refractivity contribution in [2.24, 2.45) is 0 Å². The molecule has 0 aliphatic carbocycles. The summed E-state index contributed by atoms with van der Waals surface area (Å²) < 4.78 is 0. The number of hydrogen-bond acceptors (Lipinski definition) is 4. The van der Waals surface area contributed by atoms with E-state index in [1.807, 2.05) is 0 Å². The van der Waals surface area contributed by atoms with Crippen LogP contribution >= 0.6 is 0 Å². The lowest BCUT2D eigenvalue weighted by Crippen LogP contribution is -2.45. The SMILES string of the molecule is CCCCCCCC(=O)C(O)(CO)CO. The number of carbonyl (C=O) groups is 1. The smallest absolute Gasteiger partial charge is 0.169 e. The Labute approximate surface area is 90.9 Å². The zero-order valence-corrected chi connectivity index (χ0v) is 9.41. The first-order valence-corrected chi connectivity index (χ1v) is 5.58. The van der Waals surface area contributed by atoms with Crippen LogP contribution in [0.15, 0.2) is 0 Å². The summed E-state index contributed by atoms with van der Waals surface area (Å²) in [5, 5.41) is 27.0. The highest BCUT2D eigenvalue weighted by Gasteiger charge is 2.33. The van der Waals surface area contributed by atoms with E-state index < -0.39 is 24.6 Å². The van der Waals surface area contributed by atoms with E-state index in [0.29, 0.717) is 6.42 Å². The molecule has 0 atom stereocenters. The van der Waals surface area contributed by atoms with Gasteiger partial charge in [-0.3, -0.25) is 4.79 Å². The third-order valence-corrected chi connectivity index (χ3v) is 2.55. The van der Waals surface area contributed by atoms with Crippen molar-refractivity contribution in [3.63, 3.8) is 0 Å². The minimum absolute atomic E-state index is 0.224. The van der Waals surface area contributed by atoms with Gasteiger partial charge in [0.15, 0.2) is 11.4 Å². The van der Waals surface area contributed by atoms with Crippen molar-refractivity contribution in [2.75, 3.05) is 13.2 Å². The van der Waals surface area contributed by atoms with E-state index >= 15 is 0 Å². The van der Waals surface area contributed by atoms with Gasteiger partial charge in [-0.15, -0.1) is 0 Å². The Morgan fingerprint density at radius 2 is 1.60 bits per heavy atom. The van der Waals surface area contributed by atoms with E-state index in [9.17, 15) is 9.90 Å². The first-order chi connectivity index (χ1) is 7.10. The molecule has 0 saturated heterocycles. The highest BCUT2D eigenvalue weighted by molar-refractivity contribution is 5.87. The van der Waals surface area contributed by atoms with Crippen LogP contribution in [0.3, 0.4) is 0 Å². The molecule has 0 amide bonds. The molecule has 0 fully saturated rings. The fourth-order valence-corrected chi connectivity index (χ4v) is 1.35. The van der Waals surface area contributed by atoms with Crippen molar-refractivity contribution < 1.29 is 20.1 Å². The molecule has 0 aliphatic rings. The standard InChI is InChI=1S/C11H22O4/c1-2-3-4-5-6-7-10(14)11(15,8-12)9-13/h12-13,15H,2-9H2,1H3. The number of aliphatic hydroxyl groups is 3. The minimum Gasteiger partial charge on any atom is -0.393 e. The van der Waals surface area contributed by atoms with Gasteiger partial charge in [-0.1, -0.05) is 32.6 Å². The van der Waals surface area contributed by atoms with Gasteiger partial charge in [-0.05, 0) is 6.42 Å². The number of aliphatic hydroxyl groups excluding tert-OH is 2. The van der Waals surface area contributed by atoms with E-state index in [0.717, 1.165) is 25.7 Å². The third-order valence-electron chi connectivity index (χ3n) is 2.55. The van der Waals surface area contributed by atoms with Crippen molar-refractivity contribution in [3.8, 4) is 0 Å². The second-order valence-electron chi connectivity index (χ2n) is 3.94. The Balaban J connectivity index is 3.73. The maximum absolute atomic E-state index is 11.4. The summed E-state index contributed by atoms with van der Waals surface area (Å²) in [6, 6.07) is 0. The van der Waals surface area contributed by atoms with Gasteiger partial charge in [0.2, 0.25) is 0 Å². The van der Waals surface area contributed by atoms with E-state index in [2.05, 4.69) is 6.92 Å². The van der Waals surface area contributed by atoms with Crippen molar-refractivity contribution >= 4 is 5.78 Å². The summed E-state index contributed by atoms with van der Waals surface area (Å²) >= 11 is 0. The Hall–Kier alpha value is -0.450. The van der Waals surface area contributed by atoms with Crippen molar-refractivity contribution in [1.82, 2.24) is 0 Å². The molecule has 0 unspecified atom stereocenters. The van der Waals surface area contributed by atoms with Crippen LogP contribution in [0.25, 0.3) is 0 Å². The number of Topliss-reactive ketones (excluding diaryl/α,β-unsaturated/α-hetero) is 1. The van der Waals surface area contributed by atoms with Gasteiger partial charge >= 0.3 is 0 Å². The van der Waals surface area contributed by atoms with Gasteiger partial charge in [0.05, 0.1) is 13.2 Å². The van der Waals surface area contributed by atoms with Crippen molar-refractivity contribution in [2.45, 2.75) is 51.0 Å². The molecule has 0 heterocycles. The number of carbonyl (C=O) groups excluding carboxylic acids is 1. The quantitative estimate of drug-likeness (QED) is 0.496. The highest BCUT2D eigenvalue weighted by atomic mass is 16.4. The minimum atomic E-state index is -1.94. The summed E-state index contributed by atoms with van der Waals surface area (Å²) in [5.74, 6) is -0.469. The molecule has 3 N–H and O–H groups in total. The molecule has 0 radical (unpaired) electrons. The molecular formula is C11H22O4. The first-order valence-electron chi connectivity index (χ1n) is 5.58. The van der Waals surface area contributed by atoms with Gasteiger partial charge in [0.1, 0.15) is 0 Å². The van der Waals surface area contributed by atoms with Crippen LogP contribution in [0.1, 0.15) is 45.4 Å². The maximum atomic E-state index is 11.4. The van der Waals surface area contributed by atoms with Crippen LogP contribution in [0.4, 0.5) is 0 Å². The average Bonchev–Trinajstić information content (AvgIpc) is 2.27. The maximum Gasteiger partial charge on any atom is 0.169 e. The zero-order chi connectivity index (χ0) is 11.7. The highest BCUT2D eigenvalue weighted by Crippen LogP contribution is 2.12. The van der Waals surface area contributed by atoms with E-state index in [1.54, 1.807) is 0 Å². The Bertz CT molecular complexity index is 175. The van der Waals surface area contributed by atoms with Crippen LogP contribution in [0, 0.1) is 0 Å². The molecule has 0 saturated carbocycles. The summed E-state index contributed by atoms with van der Waals surface area (Å²) in [4.78, 5) is 11.4. The molecule has 0 aromatic rings. The molecule has 90 valence electrons. The monoisotopic (exact) mass is 218 g/mol. The van der Waals surface area contributed by atoms with E-state index in [-0.39, 0.29) is 6.42 Å². The average molecular weight is 218 g/mol. The second kappa shape index (κ2) is 7.79. The summed E-state index contributed by atoms with van der Waals surface area (Å²) in [6.07, 6.45) is 5.26. The first kappa shape index (κ1) is 14.6. The second-order valence-corrected chi connectivity index (χ2v) is 3.94. The van der Waals surface area contributed by atoms with Crippen molar-refractivity contribution in [3.05, 3.63) is 0 Å². The van der Waals surface area contributed by atoms with Crippen LogP contribution < -0.4 is 0 Å². The zero-order valence-electron chi connectivity index (χ0n) is 9.41. The topological polar surface area (TPSA) is 77.8 Å². The Kier molecular flexibility index (Phi) is 7.56. The summed E-state index contributed by atoms with van der Waals surface area (Å²) in [6.45, 7) is 0.690. The van der Waals surface area contributed by atoms with Crippen LogP contribution in [-0.2, 0) is 4.79 Å². The van der Waals surface area contributed by atoms with E-state index in [4.69, 9.17) is 10.2 Å². The van der Waals surface area contributed by atoms with Gasteiger partial charge in [-0.25, -0.2) is 0 Å². The predicted octanol–water partition coefficient (Wildman–Crippen LogP) is 0.632. The number of rotatable bonds is 9. The predicted molar refractivity (Wildman–Crippen MR) is 57.5 cm³/mol. The molecule has 4 heteroatoms. The van der Waals surface area contributed by atoms with Crippen LogP contribution in [0.5, 0.6) is 0 Å². The van der Waals surface area contributed by atoms with Crippen LogP contribution in [0.2, 0.25) is 0 Å². The summed E-state index contributed by atoms with van der Waals surface area (Å²) in [7, 11) is 0. The molecular weight excluding hydrogens is 196 g/mol.